The van der Waals surface area contributed by atoms with Gasteiger partial charge < -0.3 is 14.4 Å². The predicted octanol–water partition coefficient (Wildman–Crippen LogP) is 0.564. The van der Waals surface area contributed by atoms with Gasteiger partial charge in [-0.15, -0.1) is 0 Å². The first-order chi connectivity index (χ1) is 12.9. The Morgan fingerprint density at radius 3 is 2.22 bits per heavy atom. The van der Waals surface area contributed by atoms with Crippen molar-refractivity contribution in [2.45, 2.75) is 26.1 Å². The molecule has 2 fully saturated rings. The second-order valence-electron chi connectivity index (χ2n) is 6.96. The summed E-state index contributed by atoms with van der Waals surface area (Å²) in [5.74, 6) is 0.507. The fraction of sp³-hybridized carbons (Fsp3) is 0.611. The van der Waals surface area contributed by atoms with Crippen molar-refractivity contribution in [3.8, 4) is 5.75 Å². The summed E-state index contributed by atoms with van der Waals surface area (Å²) in [7, 11) is -3.54. The van der Waals surface area contributed by atoms with E-state index in [-0.39, 0.29) is 24.7 Å². The molecule has 150 valence electrons. The van der Waals surface area contributed by atoms with Crippen LogP contribution >= 0.6 is 0 Å². The molecule has 2 aliphatic rings. The molecular weight excluding hydrogens is 370 g/mol. The molecule has 0 aromatic heterocycles. The lowest BCUT2D eigenvalue weighted by Crippen LogP contribution is -2.58. The molecular formula is C18H27N3O5S. The Morgan fingerprint density at radius 2 is 1.63 bits per heavy atom. The van der Waals surface area contributed by atoms with Crippen molar-refractivity contribution in [2.24, 2.45) is 0 Å². The van der Waals surface area contributed by atoms with Crippen LogP contribution in [0.25, 0.3) is 0 Å². The molecule has 2 atom stereocenters. The maximum absolute atomic E-state index is 12.9. The van der Waals surface area contributed by atoms with Gasteiger partial charge in [-0.3, -0.25) is 4.79 Å². The van der Waals surface area contributed by atoms with Crippen molar-refractivity contribution in [1.29, 1.82) is 0 Å². The van der Waals surface area contributed by atoms with E-state index < -0.39 is 10.2 Å². The molecule has 2 heterocycles. The van der Waals surface area contributed by atoms with E-state index in [2.05, 4.69) is 0 Å². The second kappa shape index (κ2) is 8.55. The van der Waals surface area contributed by atoms with E-state index in [0.29, 0.717) is 45.0 Å². The minimum absolute atomic E-state index is 0.0464. The van der Waals surface area contributed by atoms with Crippen LogP contribution in [0.1, 0.15) is 13.8 Å². The van der Waals surface area contributed by atoms with E-state index in [0.717, 1.165) is 0 Å². The summed E-state index contributed by atoms with van der Waals surface area (Å²) in [6.45, 7) is 5.74. The summed E-state index contributed by atoms with van der Waals surface area (Å²) in [5.41, 5.74) is 0. The summed E-state index contributed by atoms with van der Waals surface area (Å²) >= 11 is 0. The van der Waals surface area contributed by atoms with Gasteiger partial charge in [-0.1, -0.05) is 18.2 Å². The first-order valence-electron chi connectivity index (χ1n) is 9.22. The van der Waals surface area contributed by atoms with Crippen molar-refractivity contribution < 1.29 is 22.7 Å². The molecule has 2 aliphatic heterocycles. The van der Waals surface area contributed by atoms with Crippen LogP contribution in [-0.2, 0) is 19.7 Å². The Hall–Kier alpha value is -1.68. The van der Waals surface area contributed by atoms with Crippen molar-refractivity contribution in [1.82, 2.24) is 13.5 Å². The van der Waals surface area contributed by atoms with E-state index in [9.17, 15) is 13.2 Å². The van der Waals surface area contributed by atoms with E-state index in [1.54, 1.807) is 17.0 Å². The molecule has 0 bridgehead atoms. The van der Waals surface area contributed by atoms with Crippen LogP contribution in [0.2, 0.25) is 0 Å². The topological polar surface area (TPSA) is 79.4 Å². The van der Waals surface area contributed by atoms with Gasteiger partial charge in [-0.05, 0) is 26.0 Å². The third-order valence-electron chi connectivity index (χ3n) is 4.74. The first kappa shape index (κ1) is 20.1. The largest absolute Gasteiger partial charge is 0.484 e. The van der Waals surface area contributed by atoms with Crippen molar-refractivity contribution in [3.05, 3.63) is 30.3 Å². The molecule has 1 aromatic rings. The zero-order valence-corrected chi connectivity index (χ0v) is 16.6. The molecule has 3 rings (SSSR count). The summed E-state index contributed by atoms with van der Waals surface area (Å²) in [5, 5.41) is 0. The average molecular weight is 397 g/mol. The summed E-state index contributed by atoms with van der Waals surface area (Å²) < 4.78 is 39.8. The molecule has 1 amide bonds. The number of rotatable bonds is 5. The predicted molar refractivity (Wildman–Crippen MR) is 101 cm³/mol. The molecule has 0 radical (unpaired) electrons. The quantitative estimate of drug-likeness (QED) is 0.726. The van der Waals surface area contributed by atoms with Gasteiger partial charge in [-0.2, -0.15) is 17.0 Å². The van der Waals surface area contributed by atoms with Gasteiger partial charge in [-0.25, -0.2) is 0 Å². The highest BCUT2D eigenvalue weighted by Gasteiger charge is 2.37. The highest BCUT2D eigenvalue weighted by atomic mass is 32.2. The third kappa shape index (κ3) is 4.98. The fourth-order valence-electron chi connectivity index (χ4n) is 3.40. The van der Waals surface area contributed by atoms with Crippen molar-refractivity contribution >= 4 is 16.1 Å². The van der Waals surface area contributed by atoms with Crippen LogP contribution in [0.3, 0.4) is 0 Å². The molecule has 27 heavy (non-hydrogen) atoms. The molecule has 2 saturated heterocycles. The standard InChI is InChI=1S/C18H27N3O5S/c1-15-12-21(13-16(2)26-15)27(23,24)20-10-8-19(9-11-20)18(22)14-25-17-6-4-3-5-7-17/h3-7,15-16H,8-14H2,1-2H3/t15-,16-/m1/s1. The van der Waals surface area contributed by atoms with E-state index in [1.165, 1.54) is 8.61 Å². The maximum atomic E-state index is 12.9. The van der Waals surface area contributed by atoms with Crippen molar-refractivity contribution in [3.63, 3.8) is 0 Å². The minimum atomic E-state index is -3.54. The highest BCUT2D eigenvalue weighted by Crippen LogP contribution is 2.19. The van der Waals surface area contributed by atoms with Gasteiger partial charge in [0.05, 0.1) is 12.2 Å². The van der Waals surface area contributed by atoms with Crippen molar-refractivity contribution in [2.75, 3.05) is 45.9 Å². The lowest BCUT2D eigenvalue weighted by molar-refractivity contribution is -0.134. The zero-order chi connectivity index (χ0) is 19.4. The monoisotopic (exact) mass is 397 g/mol. The lowest BCUT2D eigenvalue weighted by Gasteiger charge is -2.40. The number of piperazine rings is 1. The Bertz CT molecular complexity index is 725. The van der Waals surface area contributed by atoms with E-state index >= 15 is 0 Å². The summed E-state index contributed by atoms with van der Waals surface area (Å²) in [6.07, 6.45) is -0.247. The molecule has 0 unspecified atom stereocenters. The third-order valence-corrected chi connectivity index (χ3v) is 6.70. The van der Waals surface area contributed by atoms with Crippen LogP contribution in [0, 0.1) is 0 Å². The second-order valence-corrected chi connectivity index (χ2v) is 8.89. The Kier molecular flexibility index (Phi) is 6.36. The number of hydrogen-bond acceptors (Lipinski definition) is 5. The molecule has 0 saturated carbocycles. The number of para-hydroxylation sites is 1. The van der Waals surface area contributed by atoms with Crippen LogP contribution in [0.5, 0.6) is 5.75 Å². The maximum Gasteiger partial charge on any atom is 0.282 e. The normalized spacial score (nSPS) is 25.3. The van der Waals surface area contributed by atoms with E-state index in [1.807, 2.05) is 32.0 Å². The Labute approximate surface area is 160 Å². The SMILES string of the molecule is C[C@@H]1CN(S(=O)(=O)N2CCN(C(=O)COc3ccccc3)CC2)C[C@@H](C)O1. The van der Waals surface area contributed by atoms with E-state index in [4.69, 9.17) is 9.47 Å². The number of nitrogens with zero attached hydrogens (tertiary/aromatic N) is 3. The number of benzene rings is 1. The fourth-order valence-corrected chi connectivity index (χ4v) is 5.15. The number of amides is 1. The highest BCUT2D eigenvalue weighted by molar-refractivity contribution is 7.86. The van der Waals surface area contributed by atoms with Gasteiger partial charge in [0.25, 0.3) is 16.1 Å². The summed E-state index contributed by atoms with van der Waals surface area (Å²) in [4.78, 5) is 14.0. The number of carbonyl (C=O) groups is 1. The molecule has 0 spiro atoms. The van der Waals surface area contributed by atoms with Gasteiger partial charge in [0, 0.05) is 39.3 Å². The number of hydrogen-bond donors (Lipinski definition) is 0. The molecule has 8 nitrogen and oxygen atoms in total. The average Bonchev–Trinajstić information content (AvgIpc) is 2.66. The zero-order valence-electron chi connectivity index (χ0n) is 15.8. The van der Waals surface area contributed by atoms with Gasteiger partial charge in [0.1, 0.15) is 5.75 Å². The van der Waals surface area contributed by atoms with Crippen LogP contribution in [0.4, 0.5) is 0 Å². The lowest BCUT2D eigenvalue weighted by atomic mass is 10.3. The number of ether oxygens (including phenoxy) is 2. The minimum Gasteiger partial charge on any atom is -0.484 e. The summed E-state index contributed by atoms with van der Waals surface area (Å²) in [6, 6.07) is 9.15. The van der Waals surface area contributed by atoms with Gasteiger partial charge in [0.2, 0.25) is 0 Å². The molecule has 1 aromatic carbocycles. The molecule has 0 N–H and O–H groups in total. The number of morpholine rings is 1. The Balaban J connectivity index is 1.51. The molecule has 9 heteroatoms. The molecule has 0 aliphatic carbocycles. The van der Waals surface area contributed by atoms with Crippen LogP contribution < -0.4 is 4.74 Å². The smallest absolute Gasteiger partial charge is 0.282 e. The van der Waals surface area contributed by atoms with Crippen LogP contribution in [0.15, 0.2) is 30.3 Å². The van der Waals surface area contributed by atoms with Crippen LogP contribution in [-0.4, -0.2) is 85.9 Å². The number of carbonyl (C=O) groups excluding carboxylic acids is 1. The van der Waals surface area contributed by atoms with Gasteiger partial charge in [0.15, 0.2) is 6.61 Å². The Morgan fingerprint density at radius 1 is 1.04 bits per heavy atom. The first-order valence-corrected chi connectivity index (χ1v) is 10.6. The van der Waals surface area contributed by atoms with Gasteiger partial charge >= 0.3 is 0 Å².